The van der Waals surface area contributed by atoms with E-state index in [0.29, 0.717) is 22.0 Å². The largest absolute Gasteiger partial charge is 0.480 e. The Bertz CT molecular complexity index is 1300. The smallest absolute Gasteiger partial charge is 0.432 e. The summed E-state index contributed by atoms with van der Waals surface area (Å²) >= 11 is 0. The molecular formula is C21H18FN4O5+. The lowest BCUT2D eigenvalue weighted by Crippen LogP contribution is -2.52. The standard InChI is InChI=1S/C21H17FN4O5/c1-26(18(27)10-25(21(26)31)11-19(28)29)17-9-12(6-7-15(17)22)8-16-13-4-2-3-5-14(13)20(30)24-23-16/h2-7,9H,8,10-11H2,1H3,(H-,24,28,29,30)/p+1. The van der Waals surface area contributed by atoms with Crippen LogP contribution in [0.15, 0.2) is 47.3 Å². The van der Waals surface area contributed by atoms with Crippen molar-refractivity contribution in [3.05, 3.63) is 69.9 Å². The van der Waals surface area contributed by atoms with Gasteiger partial charge in [-0.15, -0.1) is 4.48 Å². The van der Waals surface area contributed by atoms with Gasteiger partial charge in [-0.05, 0) is 17.7 Å². The van der Waals surface area contributed by atoms with Crippen molar-refractivity contribution in [2.24, 2.45) is 0 Å². The molecule has 2 heterocycles. The van der Waals surface area contributed by atoms with E-state index in [1.54, 1.807) is 24.3 Å². The summed E-state index contributed by atoms with van der Waals surface area (Å²) < 4.78 is 13.7. The number of likely N-dealkylation sites (N-methyl/N-ethyl adjacent to an activating group) is 1. The molecule has 3 amide bonds. The molecule has 1 aliphatic heterocycles. The van der Waals surface area contributed by atoms with Crippen molar-refractivity contribution >= 4 is 34.4 Å². The second-order valence-electron chi connectivity index (χ2n) is 7.44. The van der Waals surface area contributed by atoms with Crippen LogP contribution < -0.4 is 10.0 Å². The third-order valence-corrected chi connectivity index (χ3v) is 5.44. The molecule has 10 heteroatoms. The fourth-order valence-electron chi connectivity index (χ4n) is 3.80. The summed E-state index contributed by atoms with van der Waals surface area (Å²) in [5, 5.41) is 16.6. The summed E-state index contributed by atoms with van der Waals surface area (Å²) in [5.74, 6) is -2.65. The second kappa shape index (κ2) is 7.40. The Morgan fingerprint density at radius 3 is 2.61 bits per heavy atom. The fourth-order valence-corrected chi connectivity index (χ4v) is 3.80. The predicted octanol–water partition coefficient (Wildman–Crippen LogP) is 1.64. The number of H-pyrrole nitrogens is 1. The molecule has 1 unspecified atom stereocenters. The van der Waals surface area contributed by atoms with Crippen molar-refractivity contribution in [2.75, 3.05) is 20.1 Å². The number of amides is 3. The summed E-state index contributed by atoms with van der Waals surface area (Å²) in [6.07, 6.45) is 0.214. The first-order valence-corrected chi connectivity index (χ1v) is 9.38. The van der Waals surface area contributed by atoms with Gasteiger partial charge in [0.2, 0.25) is 0 Å². The lowest BCUT2D eigenvalue weighted by Gasteiger charge is -2.23. The van der Waals surface area contributed by atoms with Crippen LogP contribution in [0.5, 0.6) is 0 Å². The number of nitrogens with one attached hydrogen (secondary N) is 1. The Balaban J connectivity index is 1.74. The zero-order valence-electron chi connectivity index (χ0n) is 16.5. The molecule has 2 aromatic carbocycles. The summed E-state index contributed by atoms with van der Waals surface area (Å²) in [6, 6.07) is 10.2. The molecule has 1 fully saturated rings. The number of carbonyl (C=O) groups excluding carboxylic acids is 2. The highest BCUT2D eigenvalue weighted by Gasteiger charge is 2.54. The molecule has 9 nitrogen and oxygen atoms in total. The molecule has 1 aliphatic rings. The molecule has 1 atom stereocenters. The zero-order chi connectivity index (χ0) is 22.3. The highest BCUT2D eigenvalue weighted by atomic mass is 19.1. The molecule has 0 bridgehead atoms. The number of nitrogens with zero attached hydrogens (tertiary/aromatic N) is 3. The minimum Gasteiger partial charge on any atom is -0.480 e. The van der Waals surface area contributed by atoms with Crippen LogP contribution >= 0.6 is 0 Å². The van der Waals surface area contributed by atoms with Crippen LogP contribution in [0.25, 0.3) is 10.8 Å². The average Bonchev–Trinajstić information content (AvgIpc) is 2.95. The molecule has 3 aromatic rings. The van der Waals surface area contributed by atoms with Crippen molar-refractivity contribution in [1.82, 2.24) is 19.6 Å². The number of urea groups is 1. The second-order valence-corrected chi connectivity index (χ2v) is 7.44. The number of benzene rings is 2. The number of imide groups is 1. The maximum absolute atomic E-state index is 14.7. The first kappa shape index (κ1) is 20.4. The highest BCUT2D eigenvalue weighted by molar-refractivity contribution is 6.14. The molecule has 158 valence electrons. The van der Waals surface area contributed by atoms with Crippen LogP contribution in [-0.4, -0.2) is 58.2 Å². The van der Waals surface area contributed by atoms with Gasteiger partial charge in [0.25, 0.3) is 5.56 Å². The number of aromatic nitrogens is 2. The Morgan fingerprint density at radius 2 is 1.90 bits per heavy atom. The van der Waals surface area contributed by atoms with Crippen LogP contribution in [0.2, 0.25) is 0 Å². The minimum atomic E-state index is -1.26. The minimum absolute atomic E-state index is 0.172. The number of halogens is 1. The number of carboxylic acid groups (broad SMARTS) is 1. The molecule has 0 radical (unpaired) electrons. The van der Waals surface area contributed by atoms with E-state index in [4.69, 9.17) is 5.11 Å². The van der Waals surface area contributed by atoms with Crippen LogP contribution in [-0.2, 0) is 16.0 Å². The Kier molecular flexibility index (Phi) is 4.86. The van der Waals surface area contributed by atoms with Crippen molar-refractivity contribution in [3.8, 4) is 0 Å². The molecular weight excluding hydrogens is 407 g/mol. The van der Waals surface area contributed by atoms with E-state index in [1.165, 1.54) is 19.2 Å². The van der Waals surface area contributed by atoms with Crippen LogP contribution in [0.3, 0.4) is 0 Å². The Labute approximate surface area is 174 Å². The number of aromatic amines is 1. The number of hydrogen-bond acceptors (Lipinski definition) is 5. The lowest BCUT2D eigenvalue weighted by atomic mass is 10.0. The van der Waals surface area contributed by atoms with Crippen molar-refractivity contribution in [1.29, 1.82) is 0 Å². The molecule has 0 aliphatic carbocycles. The number of hydrogen-bond donors (Lipinski definition) is 2. The highest BCUT2D eigenvalue weighted by Crippen LogP contribution is 2.32. The summed E-state index contributed by atoms with van der Waals surface area (Å²) in [4.78, 5) is 49.3. The predicted molar refractivity (Wildman–Crippen MR) is 109 cm³/mol. The number of fused-ring (bicyclic) bond motifs is 1. The Hall–Kier alpha value is -3.92. The van der Waals surface area contributed by atoms with Gasteiger partial charge in [0.05, 0.1) is 18.1 Å². The summed E-state index contributed by atoms with van der Waals surface area (Å²) in [6.45, 7) is -1.07. The SMILES string of the molecule is C[N+]1(c2cc(Cc3n[nH]c(=O)c4ccccc34)ccc2F)C(=O)CN(CC(=O)O)C1=O. The van der Waals surface area contributed by atoms with Gasteiger partial charge in [-0.2, -0.15) is 5.10 Å². The monoisotopic (exact) mass is 425 g/mol. The van der Waals surface area contributed by atoms with Gasteiger partial charge in [0.1, 0.15) is 13.1 Å². The molecule has 2 N–H and O–H groups in total. The van der Waals surface area contributed by atoms with Gasteiger partial charge >= 0.3 is 17.9 Å². The lowest BCUT2D eigenvalue weighted by molar-refractivity contribution is -0.137. The van der Waals surface area contributed by atoms with E-state index in [0.717, 1.165) is 11.0 Å². The van der Waals surface area contributed by atoms with Gasteiger partial charge in [0, 0.05) is 17.9 Å². The summed E-state index contributed by atoms with van der Waals surface area (Å²) in [5.41, 5.74) is 0.609. The first-order valence-electron chi connectivity index (χ1n) is 9.38. The van der Waals surface area contributed by atoms with Crippen molar-refractivity contribution in [2.45, 2.75) is 6.42 Å². The molecule has 4 rings (SSSR count). The molecule has 1 saturated heterocycles. The maximum Gasteiger partial charge on any atom is 0.432 e. The van der Waals surface area contributed by atoms with Gasteiger partial charge in [-0.3, -0.25) is 14.5 Å². The normalized spacial score (nSPS) is 18.7. The van der Waals surface area contributed by atoms with E-state index in [1.807, 2.05) is 0 Å². The van der Waals surface area contributed by atoms with E-state index >= 15 is 0 Å². The number of quaternary nitrogens is 1. The van der Waals surface area contributed by atoms with Crippen LogP contribution in [0, 0.1) is 5.82 Å². The van der Waals surface area contributed by atoms with Crippen molar-refractivity contribution in [3.63, 3.8) is 0 Å². The third-order valence-electron chi connectivity index (χ3n) is 5.44. The average molecular weight is 425 g/mol. The summed E-state index contributed by atoms with van der Waals surface area (Å²) in [7, 11) is 1.25. The number of carboxylic acids is 1. The van der Waals surface area contributed by atoms with Crippen LogP contribution in [0.1, 0.15) is 11.3 Å². The molecule has 1 aromatic heterocycles. The van der Waals surface area contributed by atoms with Crippen LogP contribution in [0.4, 0.5) is 14.9 Å². The molecule has 31 heavy (non-hydrogen) atoms. The number of aliphatic carboxylic acids is 1. The molecule has 0 saturated carbocycles. The van der Waals surface area contributed by atoms with E-state index in [2.05, 4.69) is 10.2 Å². The zero-order valence-corrected chi connectivity index (χ0v) is 16.5. The number of rotatable bonds is 5. The van der Waals surface area contributed by atoms with Gasteiger partial charge in [0.15, 0.2) is 11.5 Å². The van der Waals surface area contributed by atoms with Gasteiger partial charge in [-0.25, -0.2) is 19.1 Å². The molecule has 0 spiro atoms. The first-order chi connectivity index (χ1) is 14.7. The third kappa shape index (κ3) is 3.36. The van der Waals surface area contributed by atoms with E-state index < -0.39 is 41.3 Å². The Morgan fingerprint density at radius 1 is 1.19 bits per heavy atom. The quantitative estimate of drug-likeness (QED) is 0.474. The topological polar surface area (TPSA) is 120 Å². The van der Waals surface area contributed by atoms with E-state index in [-0.39, 0.29) is 17.7 Å². The van der Waals surface area contributed by atoms with Crippen molar-refractivity contribution < 1.29 is 23.9 Å². The van der Waals surface area contributed by atoms with E-state index in [9.17, 15) is 23.6 Å². The maximum atomic E-state index is 14.7. The van der Waals surface area contributed by atoms with Gasteiger partial charge in [-0.1, -0.05) is 24.3 Å². The van der Waals surface area contributed by atoms with Gasteiger partial charge < -0.3 is 5.11 Å². The number of carbonyl (C=O) groups is 3. The fraction of sp³-hybridized carbons (Fsp3) is 0.190.